The summed E-state index contributed by atoms with van der Waals surface area (Å²) < 4.78 is 6.14. The highest BCUT2D eigenvalue weighted by Gasteiger charge is 2.39. The fourth-order valence-electron chi connectivity index (χ4n) is 3.27. The molecule has 0 spiro atoms. The molecule has 0 aliphatic heterocycles. The molecule has 0 amide bonds. The molecule has 1 aliphatic carbocycles. The summed E-state index contributed by atoms with van der Waals surface area (Å²) in [5.41, 5.74) is 2.80. The Morgan fingerprint density at radius 2 is 1.81 bits per heavy atom. The Morgan fingerprint density at radius 3 is 2.42 bits per heavy atom. The van der Waals surface area contributed by atoms with Crippen molar-refractivity contribution < 1.29 is 14.3 Å². The van der Waals surface area contributed by atoms with Gasteiger partial charge in [-0.3, -0.25) is 9.59 Å². The lowest BCUT2D eigenvalue weighted by atomic mass is 9.73. The largest absolute Gasteiger partial charge is 0.465 e. The van der Waals surface area contributed by atoms with Crippen molar-refractivity contribution in [3.63, 3.8) is 0 Å². The maximum atomic E-state index is 12.8. The zero-order chi connectivity index (χ0) is 18.7. The number of halogens is 2. The van der Waals surface area contributed by atoms with Crippen LogP contribution in [0.3, 0.4) is 0 Å². The van der Waals surface area contributed by atoms with Gasteiger partial charge in [-0.2, -0.15) is 0 Å². The average molecular weight is 434 g/mol. The SMILES string of the molecule is CCOC(=O)C1C(=O)C=C(c2ccc(Br)cc2)CC1c1ccc(Cl)cc1. The number of esters is 1. The quantitative estimate of drug-likeness (QED) is 0.477. The first-order valence-corrected chi connectivity index (χ1v) is 9.59. The Labute approximate surface area is 166 Å². The Morgan fingerprint density at radius 1 is 1.15 bits per heavy atom. The van der Waals surface area contributed by atoms with Crippen molar-refractivity contribution in [2.75, 3.05) is 6.61 Å². The summed E-state index contributed by atoms with van der Waals surface area (Å²) in [6, 6.07) is 15.1. The first-order valence-electron chi connectivity index (χ1n) is 8.42. The summed E-state index contributed by atoms with van der Waals surface area (Å²) in [4.78, 5) is 25.2. The van der Waals surface area contributed by atoms with Gasteiger partial charge >= 0.3 is 5.97 Å². The van der Waals surface area contributed by atoms with Gasteiger partial charge in [-0.15, -0.1) is 0 Å². The summed E-state index contributed by atoms with van der Waals surface area (Å²) in [7, 11) is 0. The van der Waals surface area contributed by atoms with E-state index in [2.05, 4.69) is 15.9 Å². The predicted molar refractivity (Wildman–Crippen MR) is 106 cm³/mol. The van der Waals surface area contributed by atoms with Crippen molar-refractivity contribution in [1.29, 1.82) is 0 Å². The van der Waals surface area contributed by atoms with Gasteiger partial charge in [-0.1, -0.05) is 51.8 Å². The van der Waals surface area contributed by atoms with Gasteiger partial charge in [-0.25, -0.2) is 0 Å². The first kappa shape index (κ1) is 18.9. The number of hydrogen-bond acceptors (Lipinski definition) is 3. The number of allylic oxidation sites excluding steroid dienone is 2. The van der Waals surface area contributed by atoms with Gasteiger partial charge in [0.15, 0.2) is 5.78 Å². The lowest BCUT2D eigenvalue weighted by Gasteiger charge is -2.29. The van der Waals surface area contributed by atoms with Crippen molar-refractivity contribution in [3.05, 3.63) is 75.2 Å². The Hall–Kier alpha value is -1.91. The summed E-state index contributed by atoms with van der Waals surface area (Å²) in [5.74, 6) is -1.78. The molecule has 26 heavy (non-hydrogen) atoms. The fraction of sp³-hybridized carbons (Fsp3) is 0.238. The highest BCUT2D eigenvalue weighted by atomic mass is 79.9. The van der Waals surface area contributed by atoms with Crippen LogP contribution in [-0.4, -0.2) is 18.4 Å². The molecule has 1 aliphatic rings. The van der Waals surface area contributed by atoms with Crippen LogP contribution in [0.2, 0.25) is 5.02 Å². The van der Waals surface area contributed by atoms with Crippen molar-refractivity contribution in [1.82, 2.24) is 0 Å². The van der Waals surface area contributed by atoms with E-state index in [-0.39, 0.29) is 18.3 Å². The van der Waals surface area contributed by atoms with E-state index in [9.17, 15) is 9.59 Å². The van der Waals surface area contributed by atoms with Crippen LogP contribution in [0.1, 0.15) is 30.4 Å². The molecule has 0 saturated carbocycles. The number of ether oxygens (including phenoxy) is 1. The third-order valence-corrected chi connectivity index (χ3v) is 5.30. The van der Waals surface area contributed by atoms with Crippen molar-refractivity contribution >= 4 is 44.9 Å². The van der Waals surface area contributed by atoms with Gasteiger partial charge in [0.05, 0.1) is 6.61 Å². The van der Waals surface area contributed by atoms with Crippen LogP contribution in [0.15, 0.2) is 59.1 Å². The van der Waals surface area contributed by atoms with E-state index in [0.29, 0.717) is 11.4 Å². The first-order chi connectivity index (χ1) is 12.5. The average Bonchev–Trinajstić information content (AvgIpc) is 2.62. The molecule has 3 nitrogen and oxygen atoms in total. The lowest BCUT2D eigenvalue weighted by Crippen LogP contribution is -2.34. The second kappa shape index (κ2) is 8.19. The highest BCUT2D eigenvalue weighted by molar-refractivity contribution is 9.10. The number of hydrogen-bond donors (Lipinski definition) is 0. The Balaban J connectivity index is 2.01. The lowest BCUT2D eigenvalue weighted by molar-refractivity contribution is -0.151. The van der Waals surface area contributed by atoms with E-state index in [4.69, 9.17) is 16.3 Å². The van der Waals surface area contributed by atoms with Crippen LogP contribution in [0, 0.1) is 5.92 Å². The molecule has 2 aromatic carbocycles. The summed E-state index contributed by atoms with van der Waals surface area (Å²) >= 11 is 9.42. The molecule has 0 fully saturated rings. The van der Waals surface area contributed by atoms with E-state index in [1.54, 1.807) is 25.1 Å². The number of benzene rings is 2. The minimum atomic E-state index is -0.824. The molecular weight excluding hydrogens is 416 g/mol. The monoisotopic (exact) mass is 432 g/mol. The normalized spacial score (nSPS) is 19.8. The topological polar surface area (TPSA) is 43.4 Å². The van der Waals surface area contributed by atoms with E-state index >= 15 is 0 Å². The van der Waals surface area contributed by atoms with E-state index in [0.717, 1.165) is 21.2 Å². The second-order valence-electron chi connectivity index (χ2n) is 6.17. The second-order valence-corrected chi connectivity index (χ2v) is 7.52. The number of carbonyl (C=O) groups excluding carboxylic acids is 2. The van der Waals surface area contributed by atoms with E-state index in [1.165, 1.54) is 0 Å². The van der Waals surface area contributed by atoms with E-state index < -0.39 is 11.9 Å². The fourth-order valence-corrected chi connectivity index (χ4v) is 3.66. The number of carbonyl (C=O) groups is 2. The number of ketones is 1. The smallest absolute Gasteiger partial charge is 0.317 e. The Bertz CT molecular complexity index is 841. The molecule has 134 valence electrons. The van der Waals surface area contributed by atoms with Crippen LogP contribution >= 0.6 is 27.5 Å². The molecule has 2 atom stereocenters. The third-order valence-electron chi connectivity index (χ3n) is 4.52. The predicted octanol–water partition coefficient (Wildman–Crippen LogP) is 5.42. The molecule has 0 aromatic heterocycles. The van der Waals surface area contributed by atoms with Crippen LogP contribution in [0.25, 0.3) is 5.57 Å². The molecule has 0 radical (unpaired) electrons. The Kier molecular flexibility index (Phi) is 5.94. The molecule has 5 heteroatoms. The number of rotatable bonds is 4. The molecule has 0 heterocycles. The van der Waals surface area contributed by atoms with Crippen LogP contribution in [-0.2, 0) is 14.3 Å². The van der Waals surface area contributed by atoms with Crippen molar-refractivity contribution in [2.24, 2.45) is 5.92 Å². The molecule has 3 rings (SSSR count). The van der Waals surface area contributed by atoms with Gasteiger partial charge in [0.2, 0.25) is 0 Å². The third kappa shape index (κ3) is 4.08. The minimum Gasteiger partial charge on any atom is -0.465 e. The molecule has 0 N–H and O–H groups in total. The van der Waals surface area contributed by atoms with Gasteiger partial charge < -0.3 is 4.74 Å². The standard InChI is InChI=1S/C21H18BrClO3/c1-2-26-21(25)20-18(14-5-9-17(23)10-6-14)11-15(12-19(20)24)13-3-7-16(22)8-4-13/h3-10,12,18,20H,2,11H2,1H3. The van der Waals surface area contributed by atoms with Gasteiger partial charge in [-0.05, 0) is 60.4 Å². The molecule has 2 aromatic rings. The van der Waals surface area contributed by atoms with Crippen molar-refractivity contribution in [2.45, 2.75) is 19.3 Å². The maximum absolute atomic E-state index is 12.8. The van der Waals surface area contributed by atoms with E-state index in [1.807, 2.05) is 36.4 Å². The minimum absolute atomic E-state index is 0.215. The molecule has 0 bridgehead atoms. The molecular formula is C21H18BrClO3. The summed E-state index contributed by atoms with van der Waals surface area (Å²) in [5, 5.41) is 0.618. The van der Waals surface area contributed by atoms with Crippen LogP contribution < -0.4 is 0 Å². The zero-order valence-corrected chi connectivity index (χ0v) is 16.6. The van der Waals surface area contributed by atoms with Crippen LogP contribution in [0.4, 0.5) is 0 Å². The summed E-state index contributed by atoms with van der Waals surface area (Å²) in [6.45, 7) is 1.99. The van der Waals surface area contributed by atoms with Gasteiger partial charge in [0, 0.05) is 15.4 Å². The highest BCUT2D eigenvalue weighted by Crippen LogP contribution is 2.40. The molecule has 0 saturated heterocycles. The maximum Gasteiger partial charge on any atom is 0.317 e. The zero-order valence-electron chi connectivity index (χ0n) is 14.2. The van der Waals surface area contributed by atoms with Gasteiger partial charge in [0.1, 0.15) is 5.92 Å². The molecule has 2 unspecified atom stereocenters. The summed E-state index contributed by atoms with van der Waals surface area (Å²) in [6.07, 6.45) is 2.16. The van der Waals surface area contributed by atoms with Gasteiger partial charge in [0.25, 0.3) is 0 Å². The van der Waals surface area contributed by atoms with Crippen molar-refractivity contribution in [3.8, 4) is 0 Å². The van der Waals surface area contributed by atoms with Crippen LogP contribution in [0.5, 0.6) is 0 Å².